The molecule has 1 rings (SSSR count). The Morgan fingerprint density at radius 2 is 2.60 bits per heavy atom. The van der Waals surface area contributed by atoms with E-state index in [0.717, 1.165) is 22.4 Å². The molecule has 0 aliphatic rings. The van der Waals surface area contributed by atoms with E-state index < -0.39 is 0 Å². The molecule has 1 heterocycles. The summed E-state index contributed by atoms with van der Waals surface area (Å²) in [6.45, 7) is 1.91. The van der Waals surface area contributed by atoms with E-state index in [-0.39, 0.29) is 0 Å². The first kappa shape index (κ1) is 8.01. The lowest BCUT2D eigenvalue weighted by molar-refractivity contribution is 0.454. The number of hydrogen-bond donors (Lipinski definition) is 1. The quantitative estimate of drug-likeness (QED) is 0.562. The largest absolute Gasteiger partial charge is 0.440 e. The second kappa shape index (κ2) is 3.93. The lowest BCUT2D eigenvalue weighted by atomic mass is 10.6. The van der Waals surface area contributed by atoms with Gasteiger partial charge in [0.05, 0.1) is 5.69 Å². The highest BCUT2D eigenvalue weighted by Crippen LogP contribution is 2.16. The molecule has 0 fully saturated rings. The van der Waals surface area contributed by atoms with Gasteiger partial charge in [-0.25, -0.2) is 4.98 Å². The number of thiol groups is 1. The second-order valence-electron chi connectivity index (χ2n) is 1.83. The Bertz CT molecular complexity index is 199. The van der Waals surface area contributed by atoms with Crippen LogP contribution in [0.5, 0.6) is 0 Å². The molecule has 1 aromatic heterocycles. The number of hydrogen-bond acceptors (Lipinski definition) is 4. The van der Waals surface area contributed by atoms with Gasteiger partial charge in [-0.3, -0.25) is 0 Å². The first-order chi connectivity index (χ1) is 4.83. The van der Waals surface area contributed by atoms with Crippen molar-refractivity contribution in [2.24, 2.45) is 0 Å². The molecule has 0 bridgehead atoms. The predicted octanol–water partition coefficient (Wildman–Crippen LogP) is 2.00. The highest BCUT2D eigenvalue weighted by atomic mass is 32.2. The fourth-order valence-corrected chi connectivity index (χ4v) is 1.40. The van der Waals surface area contributed by atoms with Crippen molar-refractivity contribution in [1.82, 2.24) is 4.98 Å². The van der Waals surface area contributed by atoms with Crippen molar-refractivity contribution in [3.8, 4) is 0 Å². The highest BCUT2D eigenvalue weighted by Gasteiger charge is 1.98. The maximum Gasteiger partial charge on any atom is 0.255 e. The van der Waals surface area contributed by atoms with E-state index in [1.807, 2.05) is 6.92 Å². The van der Waals surface area contributed by atoms with Crippen LogP contribution < -0.4 is 0 Å². The van der Waals surface area contributed by atoms with Gasteiger partial charge in [0.25, 0.3) is 5.22 Å². The lowest BCUT2D eigenvalue weighted by Gasteiger charge is -1.88. The minimum absolute atomic E-state index is 0.742. The summed E-state index contributed by atoms with van der Waals surface area (Å²) in [6.07, 6.45) is 1.65. The molecule has 10 heavy (non-hydrogen) atoms. The molecule has 0 saturated heterocycles. The van der Waals surface area contributed by atoms with Crippen LogP contribution in [0.4, 0.5) is 0 Å². The van der Waals surface area contributed by atoms with E-state index >= 15 is 0 Å². The molecule has 0 aliphatic carbocycles. The highest BCUT2D eigenvalue weighted by molar-refractivity contribution is 7.99. The van der Waals surface area contributed by atoms with Crippen LogP contribution in [0.1, 0.15) is 5.69 Å². The Balaban J connectivity index is 2.42. The summed E-state index contributed by atoms with van der Waals surface area (Å²) >= 11 is 5.65. The summed E-state index contributed by atoms with van der Waals surface area (Å²) in [5.41, 5.74) is 0.932. The van der Waals surface area contributed by atoms with Crippen LogP contribution in [-0.2, 0) is 0 Å². The second-order valence-corrected chi connectivity index (χ2v) is 3.32. The first-order valence-electron chi connectivity index (χ1n) is 2.98. The Morgan fingerprint density at radius 1 is 1.80 bits per heavy atom. The van der Waals surface area contributed by atoms with Crippen molar-refractivity contribution in [3.63, 3.8) is 0 Å². The molecule has 0 atom stereocenters. The van der Waals surface area contributed by atoms with Crippen molar-refractivity contribution in [2.45, 2.75) is 12.1 Å². The zero-order valence-corrected chi connectivity index (χ0v) is 7.41. The molecule has 0 aromatic carbocycles. The van der Waals surface area contributed by atoms with Crippen LogP contribution >= 0.6 is 24.4 Å². The fraction of sp³-hybridized carbons (Fsp3) is 0.500. The van der Waals surface area contributed by atoms with Crippen LogP contribution in [-0.4, -0.2) is 16.5 Å². The predicted molar refractivity (Wildman–Crippen MR) is 45.8 cm³/mol. The molecule has 0 N–H and O–H groups in total. The van der Waals surface area contributed by atoms with Crippen molar-refractivity contribution >= 4 is 24.4 Å². The molecule has 0 amide bonds. The van der Waals surface area contributed by atoms with Gasteiger partial charge in [-0.1, -0.05) is 11.8 Å². The maximum absolute atomic E-state index is 5.08. The van der Waals surface area contributed by atoms with E-state index in [2.05, 4.69) is 17.6 Å². The van der Waals surface area contributed by atoms with Gasteiger partial charge in [-0.05, 0) is 12.7 Å². The molecular weight excluding hydrogens is 166 g/mol. The van der Waals surface area contributed by atoms with Gasteiger partial charge in [0.1, 0.15) is 6.26 Å². The zero-order chi connectivity index (χ0) is 7.40. The maximum atomic E-state index is 5.08. The zero-order valence-electron chi connectivity index (χ0n) is 5.70. The molecular formula is C6H9NOS2. The van der Waals surface area contributed by atoms with Gasteiger partial charge < -0.3 is 4.42 Å². The van der Waals surface area contributed by atoms with Crippen molar-refractivity contribution in [2.75, 3.05) is 11.5 Å². The normalized spacial score (nSPS) is 10.2. The molecule has 0 aliphatic heterocycles. The molecule has 0 spiro atoms. The third kappa shape index (κ3) is 2.27. The number of aryl methyl sites for hydroxylation is 1. The summed E-state index contributed by atoms with van der Waals surface area (Å²) < 4.78 is 5.08. The third-order valence-electron chi connectivity index (χ3n) is 0.915. The molecule has 2 nitrogen and oxygen atoms in total. The SMILES string of the molecule is Cc1coc(SCCS)n1. The fourth-order valence-electron chi connectivity index (χ4n) is 0.532. The summed E-state index contributed by atoms with van der Waals surface area (Å²) in [6, 6.07) is 0. The minimum Gasteiger partial charge on any atom is -0.440 e. The Labute approximate surface area is 69.8 Å². The van der Waals surface area contributed by atoms with E-state index in [1.54, 1.807) is 18.0 Å². The van der Waals surface area contributed by atoms with Crippen molar-refractivity contribution < 1.29 is 4.42 Å². The third-order valence-corrected chi connectivity index (χ3v) is 2.28. The monoisotopic (exact) mass is 175 g/mol. The molecule has 4 heteroatoms. The average molecular weight is 175 g/mol. The standard InChI is InChI=1S/C6H9NOS2/c1-5-4-8-6(7-5)10-3-2-9/h4,9H,2-3H2,1H3. The summed E-state index contributed by atoms with van der Waals surface area (Å²) in [4.78, 5) is 4.11. The van der Waals surface area contributed by atoms with E-state index in [9.17, 15) is 0 Å². The molecule has 0 unspecified atom stereocenters. The number of nitrogens with zero attached hydrogens (tertiary/aromatic N) is 1. The summed E-state index contributed by atoms with van der Waals surface area (Å²) in [7, 11) is 0. The van der Waals surface area contributed by atoms with Crippen LogP contribution in [0.25, 0.3) is 0 Å². The van der Waals surface area contributed by atoms with E-state index in [1.165, 1.54) is 0 Å². The van der Waals surface area contributed by atoms with Crippen LogP contribution in [0.2, 0.25) is 0 Å². The van der Waals surface area contributed by atoms with Crippen LogP contribution in [0.15, 0.2) is 15.9 Å². The first-order valence-corrected chi connectivity index (χ1v) is 4.60. The summed E-state index contributed by atoms with van der Waals surface area (Å²) in [5.74, 6) is 1.80. The van der Waals surface area contributed by atoms with E-state index in [0.29, 0.717) is 0 Å². The van der Waals surface area contributed by atoms with Gasteiger partial charge in [-0.2, -0.15) is 12.6 Å². The average Bonchev–Trinajstić information content (AvgIpc) is 2.31. The topological polar surface area (TPSA) is 26.0 Å². The number of oxazole rings is 1. The van der Waals surface area contributed by atoms with Crippen LogP contribution in [0.3, 0.4) is 0 Å². The van der Waals surface area contributed by atoms with E-state index in [4.69, 9.17) is 4.42 Å². The Hall–Kier alpha value is -0.0900. The minimum atomic E-state index is 0.742. The van der Waals surface area contributed by atoms with Gasteiger partial charge in [0, 0.05) is 5.75 Å². The lowest BCUT2D eigenvalue weighted by Crippen LogP contribution is -1.78. The van der Waals surface area contributed by atoms with Gasteiger partial charge in [0.15, 0.2) is 0 Å². The molecule has 0 saturated carbocycles. The smallest absolute Gasteiger partial charge is 0.255 e. The van der Waals surface area contributed by atoms with Gasteiger partial charge in [-0.15, -0.1) is 0 Å². The van der Waals surface area contributed by atoms with Gasteiger partial charge in [0.2, 0.25) is 0 Å². The molecule has 1 aromatic rings. The van der Waals surface area contributed by atoms with Crippen LogP contribution in [0, 0.1) is 6.92 Å². The molecule has 56 valence electrons. The number of rotatable bonds is 3. The van der Waals surface area contributed by atoms with Crippen molar-refractivity contribution in [1.29, 1.82) is 0 Å². The number of thioether (sulfide) groups is 1. The Morgan fingerprint density at radius 3 is 3.10 bits per heavy atom. The van der Waals surface area contributed by atoms with Gasteiger partial charge >= 0.3 is 0 Å². The summed E-state index contributed by atoms with van der Waals surface area (Å²) in [5, 5.41) is 0.742. The molecule has 0 radical (unpaired) electrons. The number of aromatic nitrogens is 1. The Kier molecular flexibility index (Phi) is 3.15. The van der Waals surface area contributed by atoms with Crippen molar-refractivity contribution in [3.05, 3.63) is 12.0 Å².